The van der Waals surface area contributed by atoms with Crippen LogP contribution >= 0.6 is 0 Å². The van der Waals surface area contributed by atoms with Crippen LogP contribution in [0.3, 0.4) is 0 Å². The number of unbranched alkanes of at least 4 members (excludes halogenated alkanes) is 3. The van der Waals surface area contributed by atoms with Gasteiger partial charge in [-0.15, -0.1) is 6.42 Å². The maximum atomic E-state index is 12.4. The zero-order chi connectivity index (χ0) is 11.5. The Morgan fingerprint density at radius 2 is 1.87 bits per heavy atom. The maximum Gasteiger partial charge on any atom is 0.172 e. The van der Waals surface area contributed by atoms with Gasteiger partial charge in [0.25, 0.3) is 0 Å². The van der Waals surface area contributed by atoms with Gasteiger partial charge in [0.15, 0.2) is 5.83 Å². The van der Waals surface area contributed by atoms with Crippen molar-refractivity contribution in [2.75, 3.05) is 6.61 Å². The lowest BCUT2D eigenvalue weighted by atomic mass is 10.1. The Balaban J connectivity index is 3.65. The summed E-state index contributed by atoms with van der Waals surface area (Å²) in [7, 11) is 0. The number of allylic oxidation sites excluding steroid dienone is 4. The molecule has 84 valence electrons. The lowest BCUT2D eigenvalue weighted by molar-refractivity contribution is 0.282. The Morgan fingerprint density at radius 3 is 2.47 bits per heavy atom. The molecule has 0 aromatic heterocycles. The zero-order valence-corrected chi connectivity index (χ0v) is 8.75. The van der Waals surface area contributed by atoms with Gasteiger partial charge in [-0.2, -0.15) is 4.39 Å². The highest BCUT2D eigenvalue weighted by Gasteiger charge is 1.94. The van der Waals surface area contributed by atoms with Crippen molar-refractivity contribution in [3.63, 3.8) is 0 Å². The second kappa shape index (κ2) is 9.29. The molecular formula is C12H17FO2. The molecule has 0 spiro atoms. The minimum atomic E-state index is -0.693. The van der Waals surface area contributed by atoms with Crippen molar-refractivity contribution in [2.24, 2.45) is 0 Å². The lowest BCUT2D eigenvalue weighted by Gasteiger charge is -1.99. The molecule has 0 aliphatic rings. The largest absolute Gasteiger partial charge is 0.512 e. The molecule has 2 nitrogen and oxygen atoms in total. The van der Waals surface area contributed by atoms with Crippen molar-refractivity contribution in [1.82, 2.24) is 0 Å². The van der Waals surface area contributed by atoms with Gasteiger partial charge in [0, 0.05) is 13.0 Å². The van der Waals surface area contributed by atoms with Gasteiger partial charge in [-0.1, -0.05) is 12.8 Å². The Kier molecular flexibility index (Phi) is 8.50. The monoisotopic (exact) mass is 212 g/mol. The van der Waals surface area contributed by atoms with Crippen LogP contribution in [0, 0.1) is 12.3 Å². The fourth-order valence-corrected chi connectivity index (χ4v) is 1.07. The summed E-state index contributed by atoms with van der Waals surface area (Å²) in [5.41, 5.74) is 0. The molecule has 0 unspecified atom stereocenters. The molecule has 0 saturated carbocycles. The average Bonchev–Trinajstić information content (AvgIpc) is 2.25. The molecule has 3 heteroatoms. The van der Waals surface area contributed by atoms with Crippen LogP contribution in [0.15, 0.2) is 23.7 Å². The van der Waals surface area contributed by atoms with Crippen LogP contribution in [-0.2, 0) is 0 Å². The molecule has 0 rings (SSSR count). The van der Waals surface area contributed by atoms with Crippen molar-refractivity contribution in [3.05, 3.63) is 23.7 Å². The fourth-order valence-electron chi connectivity index (χ4n) is 1.07. The summed E-state index contributed by atoms with van der Waals surface area (Å²) in [5, 5.41) is 17.8. The summed E-state index contributed by atoms with van der Waals surface area (Å²) in [6.07, 6.45) is 11.2. The number of halogens is 1. The number of terminal acetylenes is 1. The van der Waals surface area contributed by atoms with E-state index in [0.717, 1.165) is 31.8 Å². The van der Waals surface area contributed by atoms with Crippen molar-refractivity contribution >= 4 is 0 Å². The zero-order valence-electron chi connectivity index (χ0n) is 8.75. The SMILES string of the molecule is C#C/C(F)=C\C=C(\O)CCCCCCO. The molecule has 0 radical (unpaired) electrons. The third kappa shape index (κ3) is 9.04. The van der Waals surface area contributed by atoms with E-state index in [2.05, 4.69) is 0 Å². The third-order valence-corrected chi connectivity index (χ3v) is 1.90. The number of hydrogen-bond donors (Lipinski definition) is 2. The van der Waals surface area contributed by atoms with E-state index in [1.54, 1.807) is 0 Å². The Bertz CT molecular complexity index is 261. The summed E-state index contributed by atoms with van der Waals surface area (Å²) in [5.74, 6) is 1.25. The Hall–Kier alpha value is -1.27. The maximum absolute atomic E-state index is 12.4. The molecule has 0 amide bonds. The van der Waals surface area contributed by atoms with E-state index in [0.29, 0.717) is 6.42 Å². The highest BCUT2D eigenvalue weighted by atomic mass is 19.1. The summed E-state index contributed by atoms with van der Waals surface area (Å²) in [6.45, 7) is 0.206. The van der Waals surface area contributed by atoms with Crippen LogP contribution < -0.4 is 0 Å². The van der Waals surface area contributed by atoms with Gasteiger partial charge in [0.1, 0.15) is 0 Å². The topological polar surface area (TPSA) is 40.5 Å². The average molecular weight is 212 g/mol. The smallest absolute Gasteiger partial charge is 0.172 e. The van der Waals surface area contributed by atoms with Crippen molar-refractivity contribution < 1.29 is 14.6 Å². The van der Waals surface area contributed by atoms with Gasteiger partial charge in [-0.3, -0.25) is 0 Å². The summed E-state index contributed by atoms with van der Waals surface area (Å²) in [6, 6.07) is 0. The molecule has 15 heavy (non-hydrogen) atoms. The number of aliphatic hydroxyl groups is 2. The summed E-state index contributed by atoms with van der Waals surface area (Å²) >= 11 is 0. The van der Waals surface area contributed by atoms with Gasteiger partial charge in [0.05, 0.1) is 5.76 Å². The van der Waals surface area contributed by atoms with Crippen LogP contribution in [0.1, 0.15) is 32.1 Å². The van der Waals surface area contributed by atoms with Crippen LogP contribution in [0.25, 0.3) is 0 Å². The third-order valence-electron chi connectivity index (χ3n) is 1.90. The minimum Gasteiger partial charge on any atom is -0.512 e. The molecule has 0 aliphatic carbocycles. The van der Waals surface area contributed by atoms with E-state index in [4.69, 9.17) is 11.5 Å². The van der Waals surface area contributed by atoms with Gasteiger partial charge < -0.3 is 10.2 Å². The van der Waals surface area contributed by atoms with Gasteiger partial charge in [-0.05, 0) is 30.9 Å². The van der Waals surface area contributed by atoms with Crippen LogP contribution in [0.4, 0.5) is 4.39 Å². The first kappa shape index (κ1) is 13.7. The van der Waals surface area contributed by atoms with Crippen molar-refractivity contribution in [3.8, 4) is 12.3 Å². The van der Waals surface area contributed by atoms with Gasteiger partial charge in [0.2, 0.25) is 0 Å². The van der Waals surface area contributed by atoms with Gasteiger partial charge in [-0.25, -0.2) is 0 Å². The summed E-state index contributed by atoms with van der Waals surface area (Å²) in [4.78, 5) is 0. The molecule has 0 fully saturated rings. The standard InChI is InChI=1S/C12H17FO2/c1-2-11(13)8-9-12(15)7-5-3-4-6-10-14/h1,8-9,14-15H,3-7,10H2/b11-8+,12-9+. The van der Waals surface area contributed by atoms with Crippen molar-refractivity contribution in [1.29, 1.82) is 0 Å². The minimum absolute atomic E-state index is 0.129. The van der Waals surface area contributed by atoms with Gasteiger partial charge >= 0.3 is 0 Å². The highest BCUT2D eigenvalue weighted by molar-refractivity contribution is 5.23. The first-order valence-corrected chi connectivity index (χ1v) is 5.03. The van der Waals surface area contributed by atoms with Crippen molar-refractivity contribution in [2.45, 2.75) is 32.1 Å². The second-order valence-electron chi connectivity index (χ2n) is 3.20. The molecule has 2 N–H and O–H groups in total. The number of aliphatic hydroxyl groups excluding tert-OH is 2. The fraction of sp³-hybridized carbons (Fsp3) is 0.500. The van der Waals surface area contributed by atoms with Crippen LogP contribution in [0.2, 0.25) is 0 Å². The predicted octanol–water partition coefficient (Wildman–Crippen LogP) is 2.86. The Labute approximate surface area is 90.1 Å². The molecule has 0 aromatic carbocycles. The van der Waals surface area contributed by atoms with E-state index in [9.17, 15) is 9.50 Å². The molecular weight excluding hydrogens is 195 g/mol. The lowest BCUT2D eigenvalue weighted by Crippen LogP contribution is -1.85. The van der Waals surface area contributed by atoms with E-state index in [1.165, 1.54) is 6.08 Å². The molecule has 0 aromatic rings. The first-order chi connectivity index (χ1) is 7.20. The second-order valence-corrected chi connectivity index (χ2v) is 3.20. The molecule has 0 bridgehead atoms. The van der Waals surface area contributed by atoms with E-state index in [1.807, 2.05) is 5.92 Å². The number of rotatable bonds is 7. The molecule has 0 atom stereocenters. The quantitative estimate of drug-likeness (QED) is 0.295. The van der Waals surface area contributed by atoms with E-state index in [-0.39, 0.29) is 12.4 Å². The molecule has 0 heterocycles. The molecule has 0 aliphatic heterocycles. The summed E-state index contributed by atoms with van der Waals surface area (Å²) < 4.78 is 12.4. The highest BCUT2D eigenvalue weighted by Crippen LogP contribution is 2.08. The van der Waals surface area contributed by atoms with Crippen LogP contribution in [-0.4, -0.2) is 16.8 Å². The molecule has 0 saturated heterocycles. The number of hydrogen-bond acceptors (Lipinski definition) is 2. The Morgan fingerprint density at radius 1 is 1.20 bits per heavy atom. The van der Waals surface area contributed by atoms with E-state index < -0.39 is 5.83 Å². The normalized spacial score (nSPS) is 12.6. The first-order valence-electron chi connectivity index (χ1n) is 5.03. The van der Waals surface area contributed by atoms with E-state index >= 15 is 0 Å². The predicted molar refractivity (Wildman–Crippen MR) is 58.9 cm³/mol. The van der Waals surface area contributed by atoms with Crippen LogP contribution in [0.5, 0.6) is 0 Å².